The van der Waals surface area contributed by atoms with E-state index in [-0.39, 0.29) is 23.7 Å². The van der Waals surface area contributed by atoms with Gasteiger partial charge in [-0.25, -0.2) is 8.42 Å². The van der Waals surface area contributed by atoms with E-state index in [9.17, 15) is 13.2 Å². The smallest absolute Gasteiger partial charge is 0.229 e. The van der Waals surface area contributed by atoms with E-state index in [1.54, 1.807) is 18.2 Å². The van der Waals surface area contributed by atoms with Gasteiger partial charge in [-0.3, -0.25) is 4.79 Å². The fraction of sp³-hybridized carbons (Fsp3) is 0.588. The van der Waals surface area contributed by atoms with Gasteiger partial charge in [0.1, 0.15) is 0 Å². The van der Waals surface area contributed by atoms with Crippen molar-refractivity contribution in [2.75, 3.05) is 6.61 Å². The van der Waals surface area contributed by atoms with E-state index in [1.807, 2.05) is 6.92 Å². The van der Waals surface area contributed by atoms with Gasteiger partial charge in [-0.2, -0.15) is 0 Å². The predicted molar refractivity (Wildman–Crippen MR) is 87.4 cm³/mol. The van der Waals surface area contributed by atoms with Gasteiger partial charge in [-0.15, -0.1) is 0 Å². The number of unbranched alkanes of at least 4 members (excludes halogenated alkanes) is 2. The monoisotopic (exact) mass is 326 g/mol. The molecule has 0 spiro atoms. The molecule has 1 aromatic carbocycles. The molecule has 0 heterocycles. The number of carbonyl (C=O) groups excluding carboxylic acids is 1. The Morgan fingerprint density at radius 2 is 1.73 bits per heavy atom. The van der Waals surface area contributed by atoms with Crippen molar-refractivity contribution in [2.24, 2.45) is 0 Å². The van der Waals surface area contributed by atoms with Gasteiger partial charge in [0.15, 0.2) is 5.78 Å². The number of sulfone groups is 1. The molecular formula is C17H26O4S. The molecule has 22 heavy (non-hydrogen) atoms. The second kappa shape index (κ2) is 8.44. The van der Waals surface area contributed by atoms with E-state index >= 15 is 0 Å². The highest BCUT2D eigenvalue weighted by Gasteiger charge is 2.47. The molecule has 0 aromatic heterocycles. The Balaban J connectivity index is 3.11. The molecule has 0 aliphatic carbocycles. The molecule has 0 amide bonds. The zero-order valence-corrected chi connectivity index (χ0v) is 14.5. The molecule has 1 atom stereocenters. The Labute approximate surface area is 133 Å². The van der Waals surface area contributed by atoms with Gasteiger partial charge in [0.05, 0.1) is 4.90 Å². The van der Waals surface area contributed by atoms with Gasteiger partial charge in [0, 0.05) is 13.0 Å². The molecule has 0 aliphatic rings. The molecule has 1 unspecified atom stereocenters. The summed E-state index contributed by atoms with van der Waals surface area (Å²) in [5, 5.41) is 0. The van der Waals surface area contributed by atoms with Crippen molar-refractivity contribution >= 4 is 15.6 Å². The van der Waals surface area contributed by atoms with Gasteiger partial charge < -0.3 is 4.74 Å². The summed E-state index contributed by atoms with van der Waals surface area (Å²) in [5.41, 5.74) is 0. The summed E-state index contributed by atoms with van der Waals surface area (Å²) in [6, 6.07) is 8.04. The molecule has 4 nitrogen and oxygen atoms in total. The zero-order chi connectivity index (χ0) is 16.6. The molecule has 0 radical (unpaired) electrons. The van der Waals surface area contributed by atoms with E-state index in [2.05, 4.69) is 6.92 Å². The third-order valence-electron chi connectivity index (χ3n) is 3.68. The summed E-state index contributed by atoms with van der Waals surface area (Å²) in [7, 11) is -3.88. The average molecular weight is 326 g/mol. The van der Waals surface area contributed by atoms with E-state index in [1.165, 1.54) is 19.1 Å². The molecular weight excluding hydrogens is 300 g/mol. The highest BCUT2D eigenvalue weighted by molar-refractivity contribution is 7.93. The lowest BCUT2D eigenvalue weighted by Crippen LogP contribution is -2.46. The van der Waals surface area contributed by atoms with Crippen molar-refractivity contribution in [3.63, 3.8) is 0 Å². The van der Waals surface area contributed by atoms with Crippen LogP contribution in [-0.2, 0) is 19.4 Å². The molecule has 0 aliphatic heterocycles. The second-order valence-electron chi connectivity index (χ2n) is 5.49. The third-order valence-corrected chi connectivity index (χ3v) is 5.94. The van der Waals surface area contributed by atoms with E-state index in [0.29, 0.717) is 6.42 Å². The first-order valence-electron chi connectivity index (χ1n) is 7.87. The van der Waals surface area contributed by atoms with Gasteiger partial charge >= 0.3 is 0 Å². The van der Waals surface area contributed by atoms with Crippen LogP contribution in [0.25, 0.3) is 0 Å². The van der Waals surface area contributed by atoms with Crippen molar-refractivity contribution in [1.82, 2.24) is 0 Å². The number of hydrogen-bond donors (Lipinski definition) is 0. The quantitative estimate of drug-likeness (QED) is 0.614. The fourth-order valence-corrected chi connectivity index (χ4v) is 3.81. The minimum absolute atomic E-state index is 0.123. The number of rotatable bonds is 10. The Morgan fingerprint density at radius 1 is 1.09 bits per heavy atom. The maximum absolute atomic E-state index is 12.9. The Morgan fingerprint density at radius 3 is 2.27 bits per heavy atom. The SMILES string of the molecule is CCCCCOC(C)(C(=O)CCC)S(=O)(=O)c1ccccc1. The summed E-state index contributed by atoms with van der Waals surface area (Å²) in [6.07, 6.45) is 3.49. The van der Waals surface area contributed by atoms with Crippen molar-refractivity contribution in [3.05, 3.63) is 30.3 Å². The van der Waals surface area contributed by atoms with Gasteiger partial charge in [-0.05, 0) is 31.9 Å². The number of ketones is 1. The summed E-state index contributed by atoms with van der Waals surface area (Å²) < 4.78 is 31.4. The average Bonchev–Trinajstić information content (AvgIpc) is 2.52. The normalized spacial score (nSPS) is 14.5. The van der Waals surface area contributed by atoms with Crippen molar-refractivity contribution in [2.45, 2.75) is 62.7 Å². The first kappa shape index (κ1) is 18.8. The zero-order valence-electron chi connectivity index (χ0n) is 13.7. The standard InChI is InChI=1S/C17H26O4S/c1-4-6-10-14-21-17(3,16(18)11-5-2)22(19,20)15-12-8-7-9-13-15/h7-9,12-13H,4-6,10-11,14H2,1-3H3. The Kier molecular flexibility index (Phi) is 7.23. The number of hydrogen-bond acceptors (Lipinski definition) is 4. The molecule has 0 saturated carbocycles. The van der Waals surface area contributed by atoms with Crippen LogP contribution in [-0.4, -0.2) is 25.7 Å². The van der Waals surface area contributed by atoms with Crippen molar-refractivity contribution < 1.29 is 17.9 Å². The van der Waals surface area contributed by atoms with Crippen molar-refractivity contribution in [3.8, 4) is 0 Å². The number of Topliss-reactive ketones (excluding diaryl/α,β-unsaturated/α-hetero) is 1. The molecule has 0 N–H and O–H groups in total. The summed E-state index contributed by atoms with van der Waals surface area (Å²) in [4.78, 5) is 10.8. The van der Waals surface area contributed by atoms with E-state index in [0.717, 1.165) is 19.3 Å². The van der Waals surface area contributed by atoms with Gasteiger partial charge in [-0.1, -0.05) is 44.9 Å². The first-order chi connectivity index (χ1) is 10.4. The minimum Gasteiger partial charge on any atom is -0.353 e. The lowest BCUT2D eigenvalue weighted by atomic mass is 10.1. The highest BCUT2D eigenvalue weighted by atomic mass is 32.2. The van der Waals surface area contributed by atoms with Crippen LogP contribution in [0.1, 0.15) is 52.9 Å². The highest BCUT2D eigenvalue weighted by Crippen LogP contribution is 2.29. The first-order valence-corrected chi connectivity index (χ1v) is 9.35. The van der Waals surface area contributed by atoms with E-state index in [4.69, 9.17) is 4.74 Å². The van der Waals surface area contributed by atoms with Crippen LogP contribution in [0, 0.1) is 0 Å². The van der Waals surface area contributed by atoms with Gasteiger partial charge in [0.25, 0.3) is 0 Å². The van der Waals surface area contributed by atoms with Crippen LogP contribution in [0.15, 0.2) is 35.2 Å². The summed E-state index contributed by atoms with van der Waals surface area (Å²) >= 11 is 0. The molecule has 0 fully saturated rings. The molecule has 0 bridgehead atoms. The predicted octanol–water partition coefficient (Wildman–Crippen LogP) is 3.75. The molecule has 1 rings (SSSR count). The molecule has 0 saturated heterocycles. The van der Waals surface area contributed by atoms with Crippen molar-refractivity contribution in [1.29, 1.82) is 0 Å². The fourth-order valence-electron chi connectivity index (χ4n) is 2.21. The molecule has 124 valence electrons. The number of benzene rings is 1. The second-order valence-corrected chi connectivity index (χ2v) is 7.75. The lowest BCUT2D eigenvalue weighted by Gasteiger charge is -2.28. The topological polar surface area (TPSA) is 60.4 Å². The largest absolute Gasteiger partial charge is 0.353 e. The van der Waals surface area contributed by atoms with E-state index < -0.39 is 14.8 Å². The van der Waals surface area contributed by atoms with Gasteiger partial charge in [0.2, 0.25) is 14.8 Å². The van der Waals surface area contributed by atoms with Crippen LogP contribution in [0.4, 0.5) is 0 Å². The van der Waals surface area contributed by atoms with Crippen LogP contribution in [0.3, 0.4) is 0 Å². The Hall–Kier alpha value is -1.20. The lowest BCUT2D eigenvalue weighted by molar-refractivity contribution is -0.133. The maximum Gasteiger partial charge on any atom is 0.229 e. The third kappa shape index (κ3) is 4.17. The maximum atomic E-state index is 12.9. The van der Waals surface area contributed by atoms with Crippen LogP contribution in [0.2, 0.25) is 0 Å². The molecule has 5 heteroatoms. The van der Waals surface area contributed by atoms with Crippen LogP contribution < -0.4 is 0 Å². The summed E-state index contributed by atoms with van der Waals surface area (Å²) in [5.74, 6) is -0.379. The van der Waals surface area contributed by atoms with Crippen LogP contribution >= 0.6 is 0 Å². The summed E-state index contributed by atoms with van der Waals surface area (Å²) in [6.45, 7) is 5.57. The number of ether oxygens (including phenoxy) is 1. The van der Waals surface area contributed by atoms with Crippen LogP contribution in [0.5, 0.6) is 0 Å². The minimum atomic E-state index is -3.88. The number of carbonyl (C=O) groups is 1. The molecule has 1 aromatic rings. The Bertz CT molecular complexity index is 566.